The van der Waals surface area contributed by atoms with Crippen LogP contribution < -0.4 is 5.32 Å². The minimum Gasteiger partial charge on any atom is -0.394 e. The normalized spacial score (nSPS) is 20.7. The molecule has 1 rings (SSSR count). The van der Waals surface area contributed by atoms with Crippen molar-refractivity contribution in [3.63, 3.8) is 0 Å². The van der Waals surface area contributed by atoms with Crippen LogP contribution in [-0.4, -0.2) is 87.5 Å². The third-order valence-electron chi connectivity index (χ3n) is 12.1. The summed E-state index contributed by atoms with van der Waals surface area (Å²) in [6, 6.07) is -0.830. The molecule has 0 bridgehead atoms. The van der Waals surface area contributed by atoms with E-state index >= 15 is 0 Å². The van der Waals surface area contributed by atoms with Crippen molar-refractivity contribution in [3.05, 3.63) is 48.6 Å². The molecule has 7 unspecified atom stereocenters. The van der Waals surface area contributed by atoms with Crippen molar-refractivity contribution in [3.8, 4) is 0 Å². The van der Waals surface area contributed by atoms with Crippen LogP contribution in [-0.2, 0) is 14.3 Å². The fourth-order valence-electron chi connectivity index (χ4n) is 7.95. The third-order valence-corrected chi connectivity index (χ3v) is 12.1. The number of unbranched alkanes of at least 4 members (excludes halogenated alkanes) is 27. The van der Waals surface area contributed by atoms with Gasteiger partial charge in [0.25, 0.3) is 0 Å². The largest absolute Gasteiger partial charge is 0.394 e. The number of nitrogens with one attached hydrogen (secondary N) is 1. The van der Waals surface area contributed by atoms with Crippen LogP contribution in [0.1, 0.15) is 226 Å². The summed E-state index contributed by atoms with van der Waals surface area (Å²) in [5.74, 6) is -0.195. The highest BCUT2D eigenvalue weighted by molar-refractivity contribution is 5.76. The molecule has 62 heavy (non-hydrogen) atoms. The Hall–Kier alpha value is -1.85. The number of aliphatic hydroxyl groups excluding tert-OH is 5. The predicted octanol–water partition coefficient (Wildman–Crippen LogP) is 11.8. The molecule has 0 aromatic heterocycles. The summed E-state index contributed by atoms with van der Waals surface area (Å²) in [4.78, 5) is 13.0. The van der Waals surface area contributed by atoms with Crippen LogP contribution in [0.25, 0.3) is 0 Å². The Morgan fingerprint density at radius 1 is 0.532 bits per heavy atom. The number of aliphatic hydroxyl groups is 5. The number of carbonyl (C=O) groups excluding carboxylic acids is 1. The highest BCUT2D eigenvalue weighted by Crippen LogP contribution is 2.23. The molecule has 6 N–H and O–H groups in total. The Morgan fingerprint density at radius 3 is 1.35 bits per heavy atom. The Balaban J connectivity index is 2.34. The first-order valence-electron chi connectivity index (χ1n) is 25.9. The summed E-state index contributed by atoms with van der Waals surface area (Å²) in [5.41, 5.74) is 0. The fraction of sp³-hybridized carbons (Fsp3) is 0.830. The van der Waals surface area contributed by atoms with Crippen molar-refractivity contribution in [2.24, 2.45) is 0 Å². The molecular weight excluding hydrogens is 779 g/mol. The Labute approximate surface area is 380 Å². The lowest BCUT2D eigenvalue weighted by atomic mass is 9.99. The van der Waals surface area contributed by atoms with Gasteiger partial charge in [-0.1, -0.05) is 197 Å². The molecule has 0 aliphatic carbocycles. The van der Waals surface area contributed by atoms with Gasteiger partial charge in [-0.25, -0.2) is 0 Å². The van der Waals surface area contributed by atoms with Crippen LogP contribution in [0.2, 0.25) is 0 Å². The van der Waals surface area contributed by atoms with Gasteiger partial charge in [0.15, 0.2) is 6.29 Å². The van der Waals surface area contributed by atoms with Gasteiger partial charge >= 0.3 is 0 Å². The molecule has 0 aromatic rings. The molecule has 0 saturated carbocycles. The van der Waals surface area contributed by atoms with Gasteiger partial charge < -0.3 is 40.3 Å². The van der Waals surface area contributed by atoms with Gasteiger partial charge in [-0.05, 0) is 70.6 Å². The molecule has 0 aromatic carbocycles. The highest BCUT2D eigenvalue weighted by atomic mass is 16.7. The van der Waals surface area contributed by atoms with Crippen LogP contribution in [0.3, 0.4) is 0 Å². The molecule has 0 spiro atoms. The van der Waals surface area contributed by atoms with Crippen LogP contribution >= 0.6 is 0 Å². The standard InChI is InChI=1S/C53H97NO8/c1-3-5-7-9-11-13-15-17-19-21-23-25-26-28-30-32-34-36-38-40-42-47(56)46(45-61-53-52(60)51(59)50(58)48(44-55)62-53)54-49(57)43-41-39-37-35-33-31-29-27-24-22-20-18-16-14-12-10-8-6-4-2/h22,24-26,32,34,40,42,46-48,50-53,55-56,58-60H,3-21,23,27-31,33,35-39,41,43-45H2,1-2H3,(H,54,57)/b24-22-,26-25+,34-32+,42-40+. The number of allylic oxidation sites excluding steroid dienone is 7. The van der Waals surface area contributed by atoms with E-state index in [0.717, 1.165) is 57.8 Å². The summed E-state index contributed by atoms with van der Waals surface area (Å²) in [5, 5.41) is 54.3. The van der Waals surface area contributed by atoms with Crippen LogP contribution in [0.15, 0.2) is 48.6 Å². The van der Waals surface area contributed by atoms with Gasteiger partial charge in [-0.15, -0.1) is 0 Å². The summed E-state index contributed by atoms with van der Waals surface area (Å²) in [7, 11) is 0. The maximum absolute atomic E-state index is 13.0. The number of carbonyl (C=O) groups is 1. The quantitative estimate of drug-likeness (QED) is 0.0262. The smallest absolute Gasteiger partial charge is 0.220 e. The Morgan fingerprint density at radius 2 is 0.919 bits per heavy atom. The van der Waals surface area contributed by atoms with Gasteiger partial charge in [-0.2, -0.15) is 0 Å². The number of amides is 1. The molecule has 7 atom stereocenters. The second-order valence-electron chi connectivity index (χ2n) is 17.9. The zero-order valence-corrected chi connectivity index (χ0v) is 39.9. The SMILES string of the molecule is CCCCCCCCCC/C=C\CCCCCCCCCC(=O)NC(COC1OC(CO)C(O)C(O)C1O)C(O)/C=C/CC/C=C/CC/C=C/CCCCCCCCCCCC. The average molecular weight is 876 g/mol. The lowest BCUT2D eigenvalue weighted by Gasteiger charge is -2.40. The van der Waals surface area contributed by atoms with E-state index in [4.69, 9.17) is 9.47 Å². The fourth-order valence-corrected chi connectivity index (χ4v) is 7.95. The molecule has 1 saturated heterocycles. The second kappa shape index (κ2) is 43.1. The van der Waals surface area contributed by atoms with Crippen molar-refractivity contribution in [2.75, 3.05) is 13.2 Å². The average Bonchev–Trinajstić information content (AvgIpc) is 3.27. The van der Waals surface area contributed by atoms with Crippen molar-refractivity contribution < 1.29 is 39.8 Å². The lowest BCUT2D eigenvalue weighted by molar-refractivity contribution is -0.302. The van der Waals surface area contributed by atoms with Crippen molar-refractivity contribution in [1.82, 2.24) is 5.32 Å². The van der Waals surface area contributed by atoms with E-state index in [-0.39, 0.29) is 12.5 Å². The zero-order valence-electron chi connectivity index (χ0n) is 39.9. The monoisotopic (exact) mass is 876 g/mol. The van der Waals surface area contributed by atoms with E-state index in [2.05, 4.69) is 55.6 Å². The first-order valence-corrected chi connectivity index (χ1v) is 25.9. The van der Waals surface area contributed by atoms with Gasteiger partial charge in [-0.3, -0.25) is 4.79 Å². The van der Waals surface area contributed by atoms with E-state index in [0.29, 0.717) is 6.42 Å². The third kappa shape index (κ3) is 32.8. The number of hydrogen-bond acceptors (Lipinski definition) is 8. The number of rotatable bonds is 43. The second-order valence-corrected chi connectivity index (χ2v) is 17.9. The predicted molar refractivity (Wildman–Crippen MR) is 258 cm³/mol. The van der Waals surface area contributed by atoms with Crippen molar-refractivity contribution >= 4 is 5.91 Å². The van der Waals surface area contributed by atoms with Crippen molar-refractivity contribution in [1.29, 1.82) is 0 Å². The molecule has 1 amide bonds. The van der Waals surface area contributed by atoms with Crippen LogP contribution in [0.4, 0.5) is 0 Å². The molecule has 1 heterocycles. The minimum atomic E-state index is -1.58. The topological polar surface area (TPSA) is 149 Å². The molecule has 1 aliphatic heterocycles. The first kappa shape index (κ1) is 58.2. The van der Waals surface area contributed by atoms with Gasteiger partial charge in [0, 0.05) is 6.42 Å². The van der Waals surface area contributed by atoms with E-state index in [1.54, 1.807) is 6.08 Å². The zero-order chi connectivity index (χ0) is 45.1. The molecular formula is C53H97NO8. The summed E-state index contributed by atoms with van der Waals surface area (Å²) in [6.07, 6.45) is 48.7. The number of hydrogen-bond donors (Lipinski definition) is 6. The molecule has 9 heteroatoms. The summed E-state index contributed by atoms with van der Waals surface area (Å²) < 4.78 is 11.2. The van der Waals surface area contributed by atoms with Gasteiger partial charge in [0.05, 0.1) is 25.4 Å². The van der Waals surface area contributed by atoms with Crippen LogP contribution in [0.5, 0.6) is 0 Å². The van der Waals surface area contributed by atoms with Crippen LogP contribution in [0, 0.1) is 0 Å². The first-order chi connectivity index (χ1) is 30.3. The highest BCUT2D eigenvalue weighted by Gasteiger charge is 2.44. The van der Waals surface area contributed by atoms with E-state index < -0.39 is 49.5 Å². The maximum atomic E-state index is 13.0. The Bertz CT molecular complexity index is 1110. The molecule has 362 valence electrons. The van der Waals surface area contributed by atoms with Gasteiger partial charge in [0.2, 0.25) is 5.91 Å². The molecule has 0 radical (unpaired) electrons. The summed E-state index contributed by atoms with van der Waals surface area (Å²) >= 11 is 0. The number of ether oxygens (including phenoxy) is 2. The Kier molecular flexibility index (Phi) is 40.4. The van der Waals surface area contributed by atoms with E-state index in [9.17, 15) is 30.3 Å². The molecule has 1 aliphatic rings. The molecule has 1 fully saturated rings. The van der Waals surface area contributed by atoms with Gasteiger partial charge in [0.1, 0.15) is 24.4 Å². The minimum absolute atomic E-state index is 0.195. The lowest BCUT2D eigenvalue weighted by Crippen LogP contribution is -2.60. The summed E-state index contributed by atoms with van der Waals surface area (Å²) in [6.45, 7) is 3.76. The van der Waals surface area contributed by atoms with E-state index in [1.165, 1.54) is 148 Å². The van der Waals surface area contributed by atoms with E-state index in [1.807, 2.05) is 6.08 Å². The molecule has 9 nitrogen and oxygen atoms in total. The maximum Gasteiger partial charge on any atom is 0.220 e. The van der Waals surface area contributed by atoms with Crippen molar-refractivity contribution in [2.45, 2.75) is 269 Å².